The van der Waals surface area contributed by atoms with E-state index in [0.29, 0.717) is 13.0 Å². The highest BCUT2D eigenvalue weighted by Gasteiger charge is 2.72. The number of amides is 1. The van der Waals surface area contributed by atoms with E-state index in [1.807, 2.05) is 12.3 Å². The lowest BCUT2D eigenvalue weighted by atomic mass is 9.68. The lowest BCUT2D eigenvalue weighted by Crippen LogP contribution is -2.56. The van der Waals surface area contributed by atoms with Gasteiger partial charge in [0.25, 0.3) is 0 Å². The second-order valence-electron chi connectivity index (χ2n) is 12.0. The number of allylic oxidation sites excluding steroid dienone is 1. The second-order valence-corrected chi connectivity index (χ2v) is 12.0. The molecule has 1 aromatic rings. The summed E-state index contributed by atoms with van der Waals surface area (Å²) < 4.78 is 24.4. The molecule has 0 bridgehead atoms. The summed E-state index contributed by atoms with van der Waals surface area (Å²) in [6, 6.07) is 3.91. The molecule has 7 atom stereocenters. The number of methoxy groups -OCH3 is 1. The number of nitrogens with zero attached hydrogens (tertiary/aromatic N) is 2. The smallest absolute Gasteiger partial charge is 0.407 e. The van der Waals surface area contributed by atoms with E-state index >= 15 is 0 Å². The minimum atomic E-state index is -0.424. The normalized spacial score (nSPS) is 35.1. The molecule has 4 aliphatic rings. The van der Waals surface area contributed by atoms with Gasteiger partial charge in [0.1, 0.15) is 29.2 Å². The molecule has 8 heteroatoms. The van der Waals surface area contributed by atoms with Crippen LogP contribution in [0.25, 0.3) is 0 Å². The van der Waals surface area contributed by atoms with Crippen molar-refractivity contribution in [3.63, 3.8) is 0 Å². The van der Waals surface area contributed by atoms with Gasteiger partial charge in [-0.05, 0) is 64.0 Å². The number of aromatic nitrogens is 1. The Hall–Kier alpha value is -2.16. The Morgan fingerprint density at radius 1 is 1.32 bits per heavy atom. The first-order chi connectivity index (χ1) is 17.7. The third-order valence-electron chi connectivity index (χ3n) is 8.75. The van der Waals surface area contributed by atoms with Gasteiger partial charge in [0.15, 0.2) is 0 Å². The van der Waals surface area contributed by atoms with Gasteiger partial charge >= 0.3 is 6.09 Å². The van der Waals surface area contributed by atoms with Crippen molar-refractivity contribution in [1.29, 1.82) is 0 Å². The van der Waals surface area contributed by atoms with Gasteiger partial charge in [-0.3, -0.25) is 0 Å². The summed E-state index contributed by atoms with van der Waals surface area (Å²) >= 11 is 0. The van der Waals surface area contributed by atoms with E-state index in [1.54, 1.807) is 7.11 Å². The molecule has 1 saturated carbocycles. The van der Waals surface area contributed by atoms with E-state index in [0.717, 1.165) is 37.3 Å². The average molecular weight is 514 g/mol. The van der Waals surface area contributed by atoms with Gasteiger partial charge in [0.05, 0.1) is 24.7 Å². The summed E-state index contributed by atoms with van der Waals surface area (Å²) in [5.74, 6) is 1.18. The first kappa shape index (κ1) is 26.4. The molecule has 37 heavy (non-hydrogen) atoms. The Bertz CT molecular complexity index is 999. The van der Waals surface area contributed by atoms with E-state index < -0.39 is 6.09 Å². The SMILES string of the molecule is CO[C@@H]1[C@H](OC(=O)N[C@H](c2ccc(N3CCC3)nc2)C(C)C)CC[C@]2(CO2)[C@H]1[C@@]1(C)O[C@@H]1CC=C(C)C. The van der Waals surface area contributed by atoms with Gasteiger partial charge in [-0.15, -0.1) is 0 Å². The highest BCUT2D eigenvalue weighted by atomic mass is 16.6. The van der Waals surface area contributed by atoms with Crippen LogP contribution in [0, 0.1) is 11.8 Å². The molecular formula is C29H43N3O5. The van der Waals surface area contributed by atoms with Crippen molar-refractivity contribution >= 4 is 11.9 Å². The highest BCUT2D eigenvalue weighted by Crippen LogP contribution is 2.59. The van der Waals surface area contributed by atoms with Crippen LogP contribution in [0.1, 0.15) is 71.9 Å². The van der Waals surface area contributed by atoms with Crippen molar-refractivity contribution in [2.24, 2.45) is 11.8 Å². The third kappa shape index (κ3) is 5.25. The number of hydrogen-bond donors (Lipinski definition) is 1. The van der Waals surface area contributed by atoms with Crippen molar-refractivity contribution in [1.82, 2.24) is 10.3 Å². The number of carbonyl (C=O) groups excluding carboxylic acids is 1. The largest absolute Gasteiger partial charge is 0.443 e. The van der Waals surface area contributed by atoms with Crippen LogP contribution < -0.4 is 10.2 Å². The number of pyridine rings is 1. The fourth-order valence-corrected chi connectivity index (χ4v) is 6.32. The minimum Gasteiger partial charge on any atom is -0.443 e. The first-order valence-corrected chi connectivity index (χ1v) is 13.8. The van der Waals surface area contributed by atoms with Crippen LogP contribution in [0.4, 0.5) is 10.6 Å². The summed E-state index contributed by atoms with van der Waals surface area (Å²) in [4.78, 5) is 20.1. The summed E-state index contributed by atoms with van der Waals surface area (Å²) in [7, 11) is 1.70. The van der Waals surface area contributed by atoms with E-state index in [-0.39, 0.29) is 47.4 Å². The standard InChI is InChI=1S/C29H43N3O5/c1-18(2)8-10-22-28(5,37-22)26-25(34-6)21(12-13-29(26)17-35-29)36-27(33)31-24(19(3)4)20-9-11-23(30-16-20)32-14-7-15-32/h8-9,11,16,19,21-22,24-26H,7,10,12-15,17H2,1-6H3,(H,31,33)/t21-,22-,24+,25-,26-,28+,29+/m1/s1. The van der Waals surface area contributed by atoms with E-state index in [1.165, 1.54) is 12.0 Å². The molecule has 1 amide bonds. The first-order valence-electron chi connectivity index (χ1n) is 13.8. The number of ether oxygens (including phenoxy) is 4. The fraction of sp³-hybridized carbons (Fsp3) is 0.724. The number of anilines is 1. The topological polar surface area (TPSA) is 88.8 Å². The quantitative estimate of drug-likeness (QED) is 0.375. The summed E-state index contributed by atoms with van der Waals surface area (Å²) in [6.07, 6.45) is 6.75. The lowest BCUT2D eigenvalue weighted by Gasteiger charge is -2.42. The van der Waals surface area contributed by atoms with Crippen molar-refractivity contribution in [3.8, 4) is 0 Å². The zero-order chi connectivity index (χ0) is 26.4. The second kappa shape index (κ2) is 10.2. The van der Waals surface area contributed by atoms with E-state index in [4.69, 9.17) is 18.9 Å². The molecule has 0 aromatic carbocycles. The molecule has 3 saturated heterocycles. The summed E-state index contributed by atoms with van der Waals surface area (Å²) in [5, 5.41) is 3.11. The zero-order valence-corrected chi connectivity index (χ0v) is 23.2. The van der Waals surface area contributed by atoms with Crippen LogP contribution in [0.2, 0.25) is 0 Å². The number of carbonyl (C=O) groups is 1. The number of alkyl carbamates (subject to hydrolysis) is 1. The van der Waals surface area contributed by atoms with Crippen LogP contribution >= 0.6 is 0 Å². The lowest BCUT2D eigenvalue weighted by molar-refractivity contribution is -0.118. The molecule has 0 unspecified atom stereocenters. The van der Waals surface area contributed by atoms with Crippen molar-refractivity contribution in [2.45, 2.75) is 95.9 Å². The van der Waals surface area contributed by atoms with Crippen molar-refractivity contribution < 1.29 is 23.7 Å². The molecule has 1 aliphatic carbocycles. The van der Waals surface area contributed by atoms with Gasteiger partial charge in [0, 0.05) is 26.4 Å². The van der Waals surface area contributed by atoms with Crippen LogP contribution in [0.3, 0.4) is 0 Å². The van der Waals surface area contributed by atoms with E-state index in [2.05, 4.69) is 62.0 Å². The molecule has 8 nitrogen and oxygen atoms in total. The summed E-state index contributed by atoms with van der Waals surface area (Å²) in [5.41, 5.74) is 1.67. The Morgan fingerprint density at radius 3 is 2.62 bits per heavy atom. The number of rotatable bonds is 9. The Morgan fingerprint density at radius 2 is 2.08 bits per heavy atom. The highest BCUT2D eigenvalue weighted by molar-refractivity contribution is 5.68. The molecule has 1 spiro atoms. The van der Waals surface area contributed by atoms with Gasteiger partial charge < -0.3 is 29.2 Å². The van der Waals surface area contributed by atoms with Gasteiger partial charge in [-0.1, -0.05) is 31.6 Å². The van der Waals surface area contributed by atoms with Gasteiger partial charge in [-0.2, -0.15) is 0 Å². The van der Waals surface area contributed by atoms with Crippen molar-refractivity contribution in [2.75, 3.05) is 31.7 Å². The molecule has 204 valence electrons. The Kier molecular flexibility index (Phi) is 7.29. The van der Waals surface area contributed by atoms with Crippen LogP contribution in [-0.2, 0) is 18.9 Å². The fourth-order valence-electron chi connectivity index (χ4n) is 6.32. The van der Waals surface area contributed by atoms with Crippen LogP contribution in [0.15, 0.2) is 30.0 Å². The maximum Gasteiger partial charge on any atom is 0.407 e. The van der Waals surface area contributed by atoms with Crippen molar-refractivity contribution in [3.05, 3.63) is 35.5 Å². The Balaban J connectivity index is 1.25. The maximum atomic E-state index is 13.2. The molecule has 5 rings (SSSR count). The number of epoxide rings is 2. The van der Waals surface area contributed by atoms with Gasteiger partial charge in [0.2, 0.25) is 0 Å². The van der Waals surface area contributed by atoms with Crippen LogP contribution in [0.5, 0.6) is 0 Å². The Labute approximate surface area is 221 Å². The minimum absolute atomic E-state index is 0.00579. The number of nitrogens with one attached hydrogen (secondary N) is 1. The molecular weight excluding hydrogens is 470 g/mol. The molecule has 1 aromatic heterocycles. The maximum absolute atomic E-state index is 13.2. The molecule has 1 N–H and O–H groups in total. The van der Waals surface area contributed by atoms with Crippen LogP contribution in [-0.4, -0.2) is 67.4 Å². The predicted octanol–water partition coefficient (Wildman–Crippen LogP) is 4.79. The predicted molar refractivity (Wildman–Crippen MR) is 142 cm³/mol. The molecule has 4 fully saturated rings. The van der Waals surface area contributed by atoms with Gasteiger partial charge in [-0.25, -0.2) is 9.78 Å². The summed E-state index contributed by atoms with van der Waals surface area (Å²) in [6.45, 7) is 13.4. The monoisotopic (exact) mass is 513 g/mol. The molecule has 3 aliphatic heterocycles. The average Bonchev–Trinajstić information content (AvgIpc) is 3.73. The molecule has 0 radical (unpaired) electrons. The van der Waals surface area contributed by atoms with E-state index in [9.17, 15) is 4.79 Å². The third-order valence-corrected chi connectivity index (χ3v) is 8.75. The number of hydrogen-bond acceptors (Lipinski definition) is 7. The molecule has 4 heterocycles. The zero-order valence-electron chi connectivity index (χ0n) is 23.2.